The highest BCUT2D eigenvalue weighted by molar-refractivity contribution is 6.31. The molecule has 21 heavy (non-hydrogen) atoms. The molecule has 1 nitrogen and oxygen atoms in total. The average molecular weight is 300 g/mol. The Kier molecular flexibility index (Phi) is 4.62. The molecule has 0 aliphatic heterocycles. The van der Waals surface area contributed by atoms with E-state index in [0.717, 1.165) is 16.5 Å². The molecule has 1 saturated carbocycles. The van der Waals surface area contributed by atoms with Gasteiger partial charge in [0.05, 0.1) is 0 Å². The van der Waals surface area contributed by atoms with Gasteiger partial charge < -0.3 is 5.73 Å². The lowest BCUT2D eigenvalue weighted by atomic mass is 9.83. The van der Waals surface area contributed by atoms with Crippen LogP contribution in [-0.2, 0) is 6.54 Å². The van der Waals surface area contributed by atoms with E-state index < -0.39 is 0 Å². The van der Waals surface area contributed by atoms with Crippen LogP contribution in [0.2, 0.25) is 5.02 Å². The fourth-order valence-electron chi connectivity index (χ4n) is 3.29. The number of halogens is 1. The van der Waals surface area contributed by atoms with Crippen LogP contribution in [0.3, 0.4) is 0 Å². The Hall–Kier alpha value is -1.31. The highest BCUT2D eigenvalue weighted by atomic mass is 35.5. The fourth-order valence-corrected chi connectivity index (χ4v) is 3.49. The van der Waals surface area contributed by atoms with E-state index in [1.165, 1.54) is 48.8 Å². The molecule has 0 heterocycles. The molecule has 2 aromatic rings. The minimum absolute atomic E-state index is 0.479. The maximum Gasteiger partial charge on any atom is 0.0451 e. The van der Waals surface area contributed by atoms with Gasteiger partial charge in [-0.05, 0) is 53.1 Å². The summed E-state index contributed by atoms with van der Waals surface area (Å²) in [4.78, 5) is 0. The maximum absolute atomic E-state index is 6.13. The first kappa shape index (κ1) is 14.6. The van der Waals surface area contributed by atoms with Crippen molar-refractivity contribution >= 4 is 11.6 Å². The lowest BCUT2D eigenvalue weighted by Crippen LogP contribution is -2.04. The van der Waals surface area contributed by atoms with Crippen molar-refractivity contribution in [2.24, 2.45) is 5.73 Å². The molecule has 1 aliphatic rings. The van der Waals surface area contributed by atoms with E-state index in [0.29, 0.717) is 6.54 Å². The van der Waals surface area contributed by atoms with Gasteiger partial charge >= 0.3 is 0 Å². The van der Waals surface area contributed by atoms with Crippen LogP contribution in [0.4, 0.5) is 0 Å². The third-order valence-electron chi connectivity index (χ3n) is 4.59. The molecule has 2 N–H and O–H groups in total. The van der Waals surface area contributed by atoms with Crippen LogP contribution in [0.25, 0.3) is 11.1 Å². The zero-order valence-electron chi connectivity index (χ0n) is 12.3. The summed E-state index contributed by atoms with van der Waals surface area (Å²) < 4.78 is 0. The normalized spacial score (nSPS) is 16.1. The van der Waals surface area contributed by atoms with Crippen molar-refractivity contribution in [3.63, 3.8) is 0 Å². The monoisotopic (exact) mass is 299 g/mol. The van der Waals surface area contributed by atoms with Gasteiger partial charge in [0.1, 0.15) is 0 Å². The van der Waals surface area contributed by atoms with Crippen molar-refractivity contribution in [1.82, 2.24) is 0 Å². The van der Waals surface area contributed by atoms with Crippen molar-refractivity contribution in [1.29, 1.82) is 0 Å². The third kappa shape index (κ3) is 3.30. The summed E-state index contributed by atoms with van der Waals surface area (Å²) in [6.45, 7) is 0.479. The number of nitrogens with two attached hydrogens (primary N) is 1. The summed E-state index contributed by atoms with van der Waals surface area (Å²) in [5.41, 5.74) is 10.7. The van der Waals surface area contributed by atoms with Gasteiger partial charge in [0.25, 0.3) is 0 Å². The zero-order chi connectivity index (χ0) is 14.7. The van der Waals surface area contributed by atoms with Crippen LogP contribution in [0.1, 0.15) is 49.1 Å². The van der Waals surface area contributed by atoms with Gasteiger partial charge in [-0.2, -0.15) is 0 Å². The lowest BCUT2D eigenvalue weighted by Gasteiger charge is -2.22. The van der Waals surface area contributed by atoms with Crippen LogP contribution in [0, 0.1) is 0 Å². The molecule has 0 spiro atoms. The van der Waals surface area contributed by atoms with Gasteiger partial charge in [-0.15, -0.1) is 0 Å². The topological polar surface area (TPSA) is 26.0 Å². The van der Waals surface area contributed by atoms with Crippen LogP contribution in [0.15, 0.2) is 42.5 Å². The molecular formula is C19H22ClN. The smallest absolute Gasteiger partial charge is 0.0451 e. The Morgan fingerprint density at radius 3 is 2.24 bits per heavy atom. The standard InChI is InChI=1S/C19H22ClN/c20-19-11-10-17(12-18(19)13-21)16-8-6-15(7-9-16)14-4-2-1-3-5-14/h6-12,14H,1-5,13,21H2. The summed E-state index contributed by atoms with van der Waals surface area (Å²) in [6, 6.07) is 15.1. The Labute approximate surface area is 132 Å². The molecule has 0 bridgehead atoms. The number of hydrogen-bond donors (Lipinski definition) is 1. The van der Waals surface area contributed by atoms with Crippen LogP contribution < -0.4 is 5.73 Å². The van der Waals surface area contributed by atoms with Gasteiger partial charge in [0, 0.05) is 11.6 Å². The van der Waals surface area contributed by atoms with Crippen molar-refractivity contribution in [2.45, 2.75) is 44.6 Å². The van der Waals surface area contributed by atoms with Gasteiger partial charge in [-0.3, -0.25) is 0 Å². The molecule has 1 fully saturated rings. The third-order valence-corrected chi connectivity index (χ3v) is 4.95. The van der Waals surface area contributed by atoms with Crippen molar-refractivity contribution in [2.75, 3.05) is 0 Å². The molecule has 0 aromatic heterocycles. The molecular weight excluding hydrogens is 278 g/mol. The predicted molar refractivity (Wildman–Crippen MR) is 90.6 cm³/mol. The Balaban J connectivity index is 1.83. The minimum atomic E-state index is 0.479. The van der Waals surface area contributed by atoms with Crippen molar-refractivity contribution in [3.05, 3.63) is 58.6 Å². The van der Waals surface area contributed by atoms with E-state index in [1.807, 2.05) is 6.07 Å². The van der Waals surface area contributed by atoms with Gasteiger partial charge in [-0.25, -0.2) is 0 Å². The Bertz CT molecular complexity index is 597. The summed E-state index contributed by atoms with van der Waals surface area (Å²) in [5.74, 6) is 0.762. The molecule has 0 amide bonds. The number of benzene rings is 2. The number of hydrogen-bond acceptors (Lipinski definition) is 1. The summed E-state index contributed by atoms with van der Waals surface area (Å²) >= 11 is 6.13. The lowest BCUT2D eigenvalue weighted by molar-refractivity contribution is 0.443. The molecule has 2 aromatic carbocycles. The first-order valence-corrected chi connectivity index (χ1v) is 8.24. The van der Waals surface area contributed by atoms with E-state index in [9.17, 15) is 0 Å². The first-order valence-electron chi connectivity index (χ1n) is 7.87. The van der Waals surface area contributed by atoms with E-state index in [2.05, 4.69) is 36.4 Å². The second kappa shape index (κ2) is 6.64. The van der Waals surface area contributed by atoms with Crippen LogP contribution in [0.5, 0.6) is 0 Å². The van der Waals surface area contributed by atoms with Crippen molar-refractivity contribution in [3.8, 4) is 11.1 Å². The molecule has 0 unspecified atom stereocenters. The first-order chi connectivity index (χ1) is 10.3. The highest BCUT2D eigenvalue weighted by Crippen LogP contribution is 2.34. The van der Waals surface area contributed by atoms with E-state index in [-0.39, 0.29) is 0 Å². The van der Waals surface area contributed by atoms with Crippen molar-refractivity contribution < 1.29 is 0 Å². The molecule has 0 saturated heterocycles. The molecule has 2 heteroatoms. The minimum Gasteiger partial charge on any atom is -0.326 e. The Morgan fingerprint density at radius 2 is 1.57 bits per heavy atom. The summed E-state index contributed by atoms with van der Waals surface area (Å²) in [7, 11) is 0. The predicted octanol–water partition coefficient (Wildman–Crippen LogP) is 5.51. The average Bonchev–Trinajstić information content (AvgIpc) is 2.56. The van der Waals surface area contributed by atoms with E-state index in [4.69, 9.17) is 17.3 Å². The SMILES string of the molecule is NCc1cc(-c2ccc(C3CCCCC3)cc2)ccc1Cl. The zero-order valence-corrected chi connectivity index (χ0v) is 13.1. The number of rotatable bonds is 3. The van der Waals surface area contributed by atoms with E-state index >= 15 is 0 Å². The summed E-state index contributed by atoms with van der Waals surface area (Å²) in [6.07, 6.45) is 6.85. The van der Waals surface area contributed by atoms with Crippen LogP contribution >= 0.6 is 11.6 Å². The second-order valence-corrected chi connectivity index (χ2v) is 6.37. The second-order valence-electron chi connectivity index (χ2n) is 5.97. The Morgan fingerprint density at radius 1 is 0.905 bits per heavy atom. The highest BCUT2D eigenvalue weighted by Gasteiger charge is 2.15. The van der Waals surface area contributed by atoms with Gasteiger partial charge in [0.2, 0.25) is 0 Å². The largest absolute Gasteiger partial charge is 0.326 e. The molecule has 3 rings (SSSR count). The fraction of sp³-hybridized carbons (Fsp3) is 0.368. The quantitative estimate of drug-likeness (QED) is 0.794. The van der Waals surface area contributed by atoms with Gasteiger partial charge in [-0.1, -0.05) is 61.2 Å². The maximum atomic E-state index is 6.13. The van der Waals surface area contributed by atoms with E-state index in [1.54, 1.807) is 0 Å². The summed E-state index contributed by atoms with van der Waals surface area (Å²) in [5, 5.41) is 0.750. The molecule has 1 aliphatic carbocycles. The molecule has 110 valence electrons. The van der Waals surface area contributed by atoms with Gasteiger partial charge in [0.15, 0.2) is 0 Å². The molecule has 0 atom stereocenters. The molecule has 0 radical (unpaired) electrons. The van der Waals surface area contributed by atoms with Crippen LogP contribution in [-0.4, -0.2) is 0 Å².